The average molecular weight is 477 g/mol. The number of amides is 3. The summed E-state index contributed by atoms with van der Waals surface area (Å²) in [6.45, 7) is 5.27. The van der Waals surface area contributed by atoms with Crippen LogP contribution in [0.1, 0.15) is 16.8 Å². The van der Waals surface area contributed by atoms with Crippen LogP contribution in [-0.2, 0) is 10.0 Å². The highest BCUT2D eigenvalue weighted by Crippen LogP contribution is 2.17. The van der Waals surface area contributed by atoms with E-state index in [0.717, 1.165) is 0 Å². The number of halogens is 1. The molecule has 0 atom stereocenters. The number of urea groups is 1. The van der Waals surface area contributed by atoms with Gasteiger partial charge in [-0.2, -0.15) is 0 Å². The van der Waals surface area contributed by atoms with E-state index in [1.807, 2.05) is 0 Å². The average Bonchev–Trinajstić information content (AvgIpc) is 3.05. The van der Waals surface area contributed by atoms with Gasteiger partial charge in [0.15, 0.2) is 0 Å². The third-order valence-corrected chi connectivity index (χ3v) is 6.65. The lowest BCUT2D eigenvalue weighted by Crippen LogP contribution is -2.39. The second kappa shape index (κ2) is 10.6. The Morgan fingerprint density at radius 1 is 1.03 bits per heavy atom. The zero-order chi connectivity index (χ0) is 23.1. The topological polar surface area (TPSA) is 98.8 Å². The van der Waals surface area contributed by atoms with Gasteiger partial charge < -0.3 is 15.1 Å². The van der Waals surface area contributed by atoms with E-state index >= 15 is 0 Å². The van der Waals surface area contributed by atoms with Crippen LogP contribution in [0.25, 0.3) is 0 Å². The van der Waals surface area contributed by atoms with Crippen molar-refractivity contribution in [3.05, 3.63) is 71.8 Å². The van der Waals surface area contributed by atoms with E-state index in [4.69, 9.17) is 11.6 Å². The minimum atomic E-state index is -3.73. The molecule has 1 aliphatic rings. The maximum Gasteiger partial charge on any atom is 0.321 e. The SMILES string of the molecule is C=CCNS(=O)(=O)c1cccc(C(=O)N2CCCN(C(=O)Nc3ccc(Cl)cc3)CC2)c1. The van der Waals surface area contributed by atoms with Crippen LogP contribution in [-0.4, -0.2) is 62.9 Å². The van der Waals surface area contributed by atoms with Crippen LogP contribution < -0.4 is 10.0 Å². The second-order valence-electron chi connectivity index (χ2n) is 7.24. The molecule has 1 aliphatic heterocycles. The Labute approximate surface area is 192 Å². The van der Waals surface area contributed by atoms with Crippen LogP contribution in [0.5, 0.6) is 0 Å². The van der Waals surface area contributed by atoms with E-state index in [-0.39, 0.29) is 28.9 Å². The summed E-state index contributed by atoms with van der Waals surface area (Å²) in [6.07, 6.45) is 2.05. The fourth-order valence-electron chi connectivity index (χ4n) is 3.29. The molecule has 2 aromatic rings. The summed E-state index contributed by atoms with van der Waals surface area (Å²) < 4.78 is 27.1. The summed E-state index contributed by atoms with van der Waals surface area (Å²) in [7, 11) is -3.73. The number of carbonyl (C=O) groups is 2. The molecule has 3 amide bonds. The maximum absolute atomic E-state index is 13.0. The summed E-state index contributed by atoms with van der Waals surface area (Å²) >= 11 is 5.87. The van der Waals surface area contributed by atoms with Gasteiger partial charge in [-0.15, -0.1) is 6.58 Å². The first-order valence-electron chi connectivity index (χ1n) is 10.1. The van der Waals surface area contributed by atoms with Crippen molar-refractivity contribution in [1.82, 2.24) is 14.5 Å². The third kappa shape index (κ3) is 6.09. The first-order chi connectivity index (χ1) is 15.3. The summed E-state index contributed by atoms with van der Waals surface area (Å²) in [5, 5.41) is 3.41. The molecule has 2 aromatic carbocycles. The molecule has 10 heteroatoms. The van der Waals surface area contributed by atoms with Gasteiger partial charge in [0.25, 0.3) is 5.91 Å². The van der Waals surface area contributed by atoms with Gasteiger partial charge >= 0.3 is 6.03 Å². The van der Waals surface area contributed by atoms with Gasteiger partial charge in [0.05, 0.1) is 4.90 Å². The Morgan fingerprint density at radius 2 is 1.72 bits per heavy atom. The Morgan fingerprint density at radius 3 is 2.44 bits per heavy atom. The van der Waals surface area contributed by atoms with Crippen LogP contribution >= 0.6 is 11.6 Å². The zero-order valence-corrected chi connectivity index (χ0v) is 19.0. The number of carbonyl (C=O) groups excluding carboxylic acids is 2. The van der Waals surface area contributed by atoms with Gasteiger partial charge in [0.1, 0.15) is 0 Å². The number of anilines is 1. The predicted molar refractivity (Wildman–Crippen MR) is 124 cm³/mol. The van der Waals surface area contributed by atoms with E-state index in [0.29, 0.717) is 43.3 Å². The van der Waals surface area contributed by atoms with E-state index in [1.54, 1.807) is 46.2 Å². The number of sulfonamides is 1. The zero-order valence-electron chi connectivity index (χ0n) is 17.5. The molecule has 0 radical (unpaired) electrons. The van der Waals surface area contributed by atoms with E-state index in [1.165, 1.54) is 18.2 Å². The highest BCUT2D eigenvalue weighted by molar-refractivity contribution is 7.89. The lowest BCUT2D eigenvalue weighted by atomic mass is 10.2. The van der Waals surface area contributed by atoms with Crippen LogP contribution in [0.4, 0.5) is 10.5 Å². The van der Waals surface area contributed by atoms with Crippen molar-refractivity contribution in [2.45, 2.75) is 11.3 Å². The van der Waals surface area contributed by atoms with Gasteiger partial charge in [-0.05, 0) is 48.9 Å². The lowest BCUT2D eigenvalue weighted by molar-refractivity contribution is 0.0762. The van der Waals surface area contributed by atoms with E-state index in [9.17, 15) is 18.0 Å². The Bertz CT molecular complexity index is 1090. The van der Waals surface area contributed by atoms with Crippen molar-refractivity contribution in [1.29, 1.82) is 0 Å². The van der Waals surface area contributed by atoms with E-state index in [2.05, 4.69) is 16.6 Å². The monoisotopic (exact) mass is 476 g/mol. The van der Waals surface area contributed by atoms with Gasteiger partial charge in [0, 0.05) is 49.0 Å². The first-order valence-corrected chi connectivity index (χ1v) is 12.0. The normalized spacial score (nSPS) is 14.5. The van der Waals surface area contributed by atoms with Crippen molar-refractivity contribution in [3.8, 4) is 0 Å². The standard InChI is InChI=1S/C22H25ClN4O4S/c1-2-11-24-32(30,31)20-6-3-5-17(16-20)21(28)26-12-4-13-27(15-14-26)22(29)25-19-9-7-18(23)8-10-19/h2-3,5-10,16,24H,1,4,11-15H2,(H,25,29). The minimum Gasteiger partial charge on any atom is -0.337 e. The Kier molecular flexibility index (Phi) is 7.89. The highest BCUT2D eigenvalue weighted by Gasteiger charge is 2.24. The smallest absolute Gasteiger partial charge is 0.321 e. The third-order valence-electron chi connectivity index (χ3n) is 4.97. The number of nitrogens with one attached hydrogen (secondary N) is 2. The van der Waals surface area contributed by atoms with Crippen molar-refractivity contribution in [2.75, 3.05) is 38.0 Å². The molecule has 0 bridgehead atoms. The number of hydrogen-bond donors (Lipinski definition) is 2. The van der Waals surface area contributed by atoms with Crippen molar-refractivity contribution >= 4 is 39.2 Å². The molecule has 1 fully saturated rings. The number of hydrogen-bond acceptors (Lipinski definition) is 4. The molecule has 8 nitrogen and oxygen atoms in total. The van der Waals surface area contributed by atoms with Crippen molar-refractivity contribution in [3.63, 3.8) is 0 Å². The molecule has 0 aromatic heterocycles. The second-order valence-corrected chi connectivity index (χ2v) is 9.44. The first kappa shape index (κ1) is 23.8. The molecule has 0 unspecified atom stereocenters. The molecule has 32 heavy (non-hydrogen) atoms. The molecule has 170 valence electrons. The summed E-state index contributed by atoms with van der Waals surface area (Å²) in [4.78, 5) is 28.9. The summed E-state index contributed by atoms with van der Waals surface area (Å²) in [5.41, 5.74) is 0.921. The summed E-state index contributed by atoms with van der Waals surface area (Å²) in [6, 6.07) is 12.5. The van der Waals surface area contributed by atoms with Gasteiger partial charge in [-0.1, -0.05) is 23.7 Å². The quantitative estimate of drug-likeness (QED) is 0.625. The molecule has 1 saturated heterocycles. The highest BCUT2D eigenvalue weighted by atomic mass is 35.5. The number of rotatable bonds is 6. The van der Waals surface area contributed by atoms with Crippen molar-refractivity contribution < 1.29 is 18.0 Å². The molecule has 0 spiro atoms. The summed E-state index contributed by atoms with van der Waals surface area (Å²) in [5.74, 6) is -0.272. The fourth-order valence-corrected chi connectivity index (χ4v) is 4.46. The van der Waals surface area contributed by atoms with Gasteiger partial charge in [-0.25, -0.2) is 17.9 Å². The molecule has 3 rings (SSSR count). The molecular weight excluding hydrogens is 452 g/mol. The fraction of sp³-hybridized carbons (Fsp3) is 0.273. The number of nitrogens with zero attached hydrogens (tertiary/aromatic N) is 2. The number of benzene rings is 2. The van der Waals surface area contributed by atoms with Gasteiger partial charge in [-0.3, -0.25) is 4.79 Å². The van der Waals surface area contributed by atoms with Gasteiger partial charge in [0.2, 0.25) is 10.0 Å². The molecule has 2 N–H and O–H groups in total. The van der Waals surface area contributed by atoms with Crippen LogP contribution in [0, 0.1) is 0 Å². The molecule has 0 saturated carbocycles. The van der Waals surface area contributed by atoms with Crippen LogP contribution in [0.2, 0.25) is 5.02 Å². The largest absolute Gasteiger partial charge is 0.337 e. The molecule has 0 aliphatic carbocycles. The van der Waals surface area contributed by atoms with Crippen LogP contribution in [0.15, 0.2) is 66.1 Å². The minimum absolute atomic E-state index is 0.0176. The van der Waals surface area contributed by atoms with Crippen LogP contribution in [0.3, 0.4) is 0 Å². The lowest BCUT2D eigenvalue weighted by Gasteiger charge is -2.22. The van der Waals surface area contributed by atoms with E-state index < -0.39 is 10.0 Å². The molecule has 1 heterocycles. The predicted octanol–water partition coefficient (Wildman–Crippen LogP) is 3.18. The Balaban J connectivity index is 1.64. The molecular formula is C22H25ClN4O4S. The maximum atomic E-state index is 13.0. The van der Waals surface area contributed by atoms with Crippen molar-refractivity contribution in [2.24, 2.45) is 0 Å². The Hall–Kier alpha value is -2.88.